The van der Waals surface area contributed by atoms with Gasteiger partial charge in [-0.05, 0) is 28.8 Å². The lowest BCUT2D eigenvalue weighted by molar-refractivity contribution is 0.741. The van der Waals surface area contributed by atoms with Crippen LogP contribution in [-0.4, -0.2) is 31.3 Å². The van der Waals surface area contributed by atoms with Crippen molar-refractivity contribution in [2.75, 3.05) is 11.9 Å². The van der Waals surface area contributed by atoms with Crippen LogP contribution in [0, 0.1) is 0 Å². The number of halogens is 1. The van der Waals surface area contributed by atoms with Gasteiger partial charge in [0, 0.05) is 32.0 Å². The standard InChI is InChI=1S/C12H15BrN6/c1-19-7-15-10(18-19)4-5-14-11-6-9(13)16-12(17-11)8-2-3-8/h6-8H,2-5H2,1H3,(H,14,16,17). The van der Waals surface area contributed by atoms with Gasteiger partial charge in [-0.3, -0.25) is 4.68 Å². The van der Waals surface area contributed by atoms with Crippen molar-refractivity contribution in [2.24, 2.45) is 7.05 Å². The van der Waals surface area contributed by atoms with E-state index in [1.54, 1.807) is 11.0 Å². The third-order valence-electron chi connectivity index (χ3n) is 2.96. The third kappa shape index (κ3) is 3.28. The monoisotopic (exact) mass is 322 g/mol. The maximum absolute atomic E-state index is 4.53. The molecule has 0 aliphatic heterocycles. The highest BCUT2D eigenvalue weighted by atomic mass is 79.9. The second-order valence-corrected chi connectivity index (χ2v) is 5.53. The summed E-state index contributed by atoms with van der Waals surface area (Å²) in [5, 5.41) is 7.53. The van der Waals surface area contributed by atoms with E-state index in [2.05, 4.69) is 41.3 Å². The molecule has 1 saturated carbocycles. The molecule has 100 valence electrons. The van der Waals surface area contributed by atoms with E-state index < -0.39 is 0 Å². The van der Waals surface area contributed by atoms with Crippen LogP contribution in [0.1, 0.15) is 30.4 Å². The van der Waals surface area contributed by atoms with Crippen molar-refractivity contribution in [3.63, 3.8) is 0 Å². The SMILES string of the molecule is Cn1cnc(CCNc2cc(Br)nc(C3CC3)n2)n1. The Morgan fingerprint density at radius 3 is 2.95 bits per heavy atom. The fourth-order valence-corrected chi connectivity index (χ4v) is 2.25. The Morgan fingerprint density at radius 2 is 2.26 bits per heavy atom. The lowest BCUT2D eigenvalue weighted by Gasteiger charge is -2.06. The van der Waals surface area contributed by atoms with Crippen LogP contribution in [-0.2, 0) is 13.5 Å². The second kappa shape index (κ2) is 5.24. The molecule has 2 aromatic heterocycles. The van der Waals surface area contributed by atoms with Crippen molar-refractivity contribution in [3.8, 4) is 0 Å². The molecule has 19 heavy (non-hydrogen) atoms. The Hall–Kier alpha value is -1.50. The maximum Gasteiger partial charge on any atom is 0.152 e. The minimum atomic E-state index is 0.551. The van der Waals surface area contributed by atoms with E-state index in [9.17, 15) is 0 Å². The average molecular weight is 323 g/mol. The van der Waals surface area contributed by atoms with Crippen molar-refractivity contribution in [1.82, 2.24) is 24.7 Å². The van der Waals surface area contributed by atoms with Crippen molar-refractivity contribution >= 4 is 21.7 Å². The molecular weight excluding hydrogens is 308 g/mol. The predicted octanol–water partition coefficient (Wildman–Crippen LogP) is 1.90. The highest BCUT2D eigenvalue weighted by Crippen LogP contribution is 2.38. The summed E-state index contributed by atoms with van der Waals surface area (Å²) in [7, 11) is 1.87. The quantitative estimate of drug-likeness (QED) is 0.851. The number of aromatic nitrogens is 5. The van der Waals surface area contributed by atoms with Gasteiger partial charge in [0.2, 0.25) is 0 Å². The minimum absolute atomic E-state index is 0.551. The summed E-state index contributed by atoms with van der Waals surface area (Å²) in [6.07, 6.45) is 4.89. The topological polar surface area (TPSA) is 68.5 Å². The smallest absolute Gasteiger partial charge is 0.152 e. The van der Waals surface area contributed by atoms with E-state index in [0.29, 0.717) is 5.92 Å². The predicted molar refractivity (Wildman–Crippen MR) is 74.9 cm³/mol. The Balaban J connectivity index is 1.60. The number of hydrogen-bond donors (Lipinski definition) is 1. The van der Waals surface area contributed by atoms with Crippen LogP contribution in [0.25, 0.3) is 0 Å². The van der Waals surface area contributed by atoms with Gasteiger partial charge >= 0.3 is 0 Å². The van der Waals surface area contributed by atoms with Crippen LogP contribution < -0.4 is 5.32 Å². The fourth-order valence-electron chi connectivity index (χ4n) is 1.85. The summed E-state index contributed by atoms with van der Waals surface area (Å²) < 4.78 is 2.55. The van der Waals surface area contributed by atoms with Crippen molar-refractivity contribution in [1.29, 1.82) is 0 Å². The van der Waals surface area contributed by atoms with Gasteiger partial charge in [0.05, 0.1) is 0 Å². The highest BCUT2D eigenvalue weighted by molar-refractivity contribution is 9.10. The average Bonchev–Trinajstić information content (AvgIpc) is 3.13. The zero-order chi connectivity index (χ0) is 13.2. The molecule has 3 rings (SSSR count). The maximum atomic E-state index is 4.53. The van der Waals surface area contributed by atoms with E-state index in [0.717, 1.165) is 35.0 Å². The Labute approximate surface area is 119 Å². The minimum Gasteiger partial charge on any atom is -0.369 e. The molecule has 1 aliphatic rings. The van der Waals surface area contributed by atoms with Gasteiger partial charge in [-0.15, -0.1) is 0 Å². The van der Waals surface area contributed by atoms with E-state index in [1.807, 2.05) is 13.1 Å². The molecule has 2 heterocycles. The first kappa shape index (κ1) is 12.5. The molecule has 0 unspecified atom stereocenters. The molecule has 1 N–H and O–H groups in total. The number of hydrogen-bond acceptors (Lipinski definition) is 5. The van der Waals surface area contributed by atoms with Crippen LogP contribution in [0.5, 0.6) is 0 Å². The van der Waals surface area contributed by atoms with E-state index in [1.165, 1.54) is 12.8 Å². The summed E-state index contributed by atoms with van der Waals surface area (Å²) in [5.41, 5.74) is 0. The summed E-state index contributed by atoms with van der Waals surface area (Å²) >= 11 is 3.43. The number of anilines is 1. The summed E-state index contributed by atoms with van der Waals surface area (Å²) in [4.78, 5) is 13.1. The van der Waals surface area contributed by atoms with E-state index >= 15 is 0 Å². The highest BCUT2D eigenvalue weighted by Gasteiger charge is 2.27. The molecule has 7 heteroatoms. The van der Waals surface area contributed by atoms with Gasteiger partial charge in [-0.25, -0.2) is 15.0 Å². The van der Waals surface area contributed by atoms with Crippen LogP contribution in [0.15, 0.2) is 17.0 Å². The molecule has 1 aliphatic carbocycles. The molecule has 0 aromatic carbocycles. The lowest BCUT2D eigenvalue weighted by atomic mass is 10.3. The first-order valence-electron chi connectivity index (χ1n) is 6.33. The molecule has 0 amide bonds. The Bertz CT molecular complexity index is 577. The van der Waals surface area contributed by atoms with Crippen molar-refractivity contribution in [2.45, 2.75) is 25.2 Å². The van der Waals surface area contributed by atoms with Crippen LogP contribution >= 0.6 is 15.9 Å². The number of nitrogens with zero attached hydrogens (tertiary/aromatic N) is 5. The molecule has 2 aromatic rings. The molecule has 0 saturated heterocycles. The zero-order valence-electron chi connectivity index (χ0n) is 10.7. The number of rotatable bonds is 5. The van der Waals surface area contributed by atoms with Crippen molar-refractivity contribution in [3.05, 3.63) is 28.6 Å². The summed E-state index contributed by atoms with van der Waals surface area (Å²) in [6, 6.07) is 1.90. The number of aryl methyl sites for hydroxylation is 1. The van der Waals surface area contributed by atoms with Gasteiger partial charge in [0.1, 0.15) is 22.6 Å². The largest absolute Gasteiger partial charge is 0.369 e. The van der Waals surface area contributed by atoms with Gasteiger partial charge in [0.25, 0.3) is 0 Å². The van der Waals surface area contributed by atoms with E-state index in [4.69, 9.17) is 0 Å². The number of nitrogens with one attached hydrogen (secondary N) is 1. The molecule has 6 nitrogen and oxygen atoms in total. The molecule has 0 atom stereocenters. The zero-order valence-corrected chi connectivity index (χ0v) is 12.3. The van der Waals surface area contributed by atoms with Gasteiger partial charge in [-0.1, -0.05) is 0 Å². The molecular formula is C12H15BrN6. The summed E-state index contributed by atoms with van der Waals surface area (Å²) in [5.74, 6) is 3.19. The van der Waals surface area contributed by atoms with Gasteiger partial charge in [0.15, 0.2) is 5.82 Å². The fraction of sp³-hybridized carbons (Fsp3) is 0.500. The molecule has 0 spiro atoms. The molecule has 0 bridgehead atoms. The second-order valence-electron chi connectivity index (χ2n) is 4.72. The Morgan fingerprint density at radius 1 is 1.42 bits per heavy atom. The first-order valence-corrected chi connectivity index (χ1v) is 7.13. The lowest BCUT2D eigenvalue weighted by Crippen LogP contribution is -2.09. The van der Waals surface area contributed by atoms with Crippen LogP contribution in [0.2, 0.25) is 0 Å². The van der Waals surface area contributed by atoms with Crippen molar-refractivity contribution < 1.29 is 0 Å². The Kier molecular flexibility index (Phi) is 3.46. The first-order chi connectivity index (χ1) is 9.20. The van der Waals surface area contributed by atoms with Gasteiger partial charge < -0.3 is 5.32 Å². The van der Waals surface area contributed by atoms with Crippen LogP contribution in [0.4, 0.5) is 5.82 Å². The van der Waals surface area contributed by atoms with E-state index in [-0.39, 0.29) is 0 Å². The summed E-state index contributed by atoms with van der Waals surface area (Å²) in [6.45, 7) is 0.761. The van der Waals surface area contributed by atoms with Gasteiger partial charge in [-0.2, -0.15) is 5.10 Å². The molecule has 0 radical (unpaired) electrons. The molecule has 1 fully saturated rings. The third-order valence-corrected chi connectivity index (χ3v) is 3.36. The van der Waals surface area contributed by atoms with Crippen LogP contribution in [0.3, 0.4) is 0 Å². The normalized spacial score (nSPS) is 14.6.